The van der Waals surface area contributed by atoms with Gasteiger partial charge in [-0.2, -0.15) is 0 Å². The van der Waals surface area contributed by atoms with Crippen LogP contribution in [0.1, 0.15) is 44.9 Å². The summed E-state index contributed by atoms with van der Waals surface area (Å²) >= 11 is 5.53. The van der Waals surface area contributed by atoms with E-state index in [2.05, 4.69) is 26.2 Å². The lowest BCUT2D eigenvalue weighted by Gasteiger charge is -2.60. The fourth-order valence-corrected chi connectivity index (χ4v) is 8.52. The van der Waals surface area contributed by atoms with Crippen molar-refractivity contribution in [3.05, 3.63) is 29.6 Å². The molecule has 0 spiro atoms. The van der Waals surface area contributed by atoms with E-state index in [-0.39, 0.29) is 11.3 Å². The largest absolute Gasteiger partial charge is 0.497 e. The summed E-state index contributed by atoms with van der Waals surface area (Å²) in [5, 5.41) is 5.76. The maximum atomic E-state index is 12.9. The third-order valence-electron chi connectivity index (χ3n) is 6.78. The summed E-state index contributed by atoms with van der Waals surface area (Å²) in [5.41, 5.74) is 2.10. The molecule has 6 heteroatoms. The maximum Gasteiger partial charge on any atom is 0.226 e. The standard InChI is InChI=1S/C22H25BrN2O2S/c1-27-17-4-2-16(3-5-17)18-12-28-20(24-18)25-19(26)11-21-7-14-6-15(8-21)10-22(23,9-14)13-21/h2-5,12,14-15H,6-11,13H2,1H3,(H,24,25,26)/t14-,15-,21?,22?/m1/s1. The molecule has 1 aromatic heterocycles. The van der Waals surface area contributed by atoms with Gasteiger partial charge >= 0.3 is 0 Å². The minimum atomic E-state index is 0.119. The van der Waals surface area contributed by atoms with Crippen LogP contribution in [-0.2, 0) is 4.79 Å². The number of ether oxygens (including phenoxy) is 1. The number of methoxy groups -OCH3 is 1. The number of carbonyl (C=O) groups is 1. The average Bonchev–Trinajstić information content (AvgIpc) is 3.07. The number of nitrogens with zero attached hydrogens (tertiary/aromatic N) is 1. The molecule has 1 N–H and O–H groups in total. The van der Waals surface area contributed by atoms with Crippen molar-refractivity contribution in [2.75, 3.05) is 12.4 Å². The second-order valence-electron chi connectivity index (χ2n) is 9.10. The van der Waals surface area contributed by atoms with Crippen LogP contribution in [0.15, 0.2) is 29.6 Å². The Morgan fingerprint density at radius 1 is 1.25 bits per heavy atom. The number of anilines is 1. The maximum absolute atomic E-state index is 12.9. The van der Waals surface area contributed by atoms with E-state index in [9.17, 15) is 4.79 Å². The number of aromatic nitrogens is 1. The molecule has 4 aliphatic carbocycles. The van der Waals surface area contributed by atoms with Crippen LogP contribution in [0.2, 0.25) is 0 Å². The van der Waals surface area contributed by atoms with Crippen molar-refractivity contribution < 1.29 is 9.53 Å². The Balaban J connectivity index is 1.26. The predicted molar refractivity (Wildman–Crippen MR) is 116 cm³/mol. The van der Waals surface area contributed by atoms with Gasteiger partial charge in [-0.3, -0.25) is 4.79 Å². The van der Waals surface area contributed by atoms with Gasteiger partial charge in [0.1, 0.15) is 5.75 Å². The number of rotatable bonds is 5. The molecule has 2 atom stereocenters. The Morgan fingerprint density at radius 3 is 2.61 bits per heavy atom. The zero-order chi connectivity index (χ0) is 19.4. The summed E-state index contributed by atoms with van der Waals surface area (Å²) in [7, 11) is 1.66. The van der Waals surface area contributed by atoms with Crippen LogP contribution in [0.3, 0.4) is 0 Å². The van der Waals surface area contributed by atoms with E-state index in [1.165, 1.54) is 43.4 Å². The molecule has 6 rings (SSSR count). The molecule has 0 radical (unpaired) electrons. The number of hydrogen-bond donors (Lipinski definition) is 1. The van der Waals surface area contributed by atoms with Crippen LogP contribution in [0.4, 0.5) is 5.13 Å². The van der Waals surface area contributed by atoms with Crippen LogP contribution in [0, 0.1) is 17.3 Å². The van der Waals surface area contributed by atoms with Gasteiger partial charge in [0.15, 0.2) is 5.13 Å². The summed E-state index contributed by atoms with van der Waals surface area (Å²) < 4.78 is 5.50. The molecule has 1 heterocycles. The van der Waals surface area contributed by atoms with Crippen LogP contribution in [-0.4, -0.2) is 22.3 Å². The number of hydrogen-bond acceptors (Lipinski definition) is 4. The third kappa shape index (κ3) is 3.50. The number of amides is 1. The molecule has 4 saturated carbocycles. The first-order valence-electron chi connectivity index (χ1n) is 10.0. The van der Waals surface area contributed by atoms with Crippen molar-refractivity contribution in [1.82, 2.24) is 4.98 Å². The smallest absolute Gasteiger partial charge is 0.226 e. The molecule has 28 heavy (non-hydrogen) atoms. The SMILES string of the molecule is COc1ccc(-c2csc(NC(=O)CC34C[C@H]5C[C@@H](CC(Br)(C5)C3)C4)n2)cc1. The number of halogens is 1. The second-order valence-corrected chi connectivity index (χ2v) is 11.6. The highest BCUT2D eigenvalue weighted by Gasteiger charge is 2.57. The first kappa shape index (κ1) is 18.6. The van der Waals surface area contributed by atoms with Crippen molar-refractivity contribution in [1.29, 1.82) is 0 Å². The van der Waals surface area contributed by atoms with E-state index < -0.39 is 0 Å². The van der Waals surface area contributed by atoms with E-state index in [1.807, 2.05) is 29.6 Å². The summed E-state index contributed by atoms with van der Waals surface area (Å²) in [4.78, 5) is 17.5. The van der Waals surface area contributed by atoms with Crippen molar-refractivity contribution in [3.63, 3.8) is 0 Å². The van der Waals surface area contributed by atoms with Crippen LogP contribution < -0.4 is 10.1 Å². The highest BCUT2D eigenvalue weighted by Crippen LogP contribution is 2.65. The third-order valence-corrected chi connectivity index (χ3v) is 8.47. The fraction of sp³-hybridized carbons (Fsp3) is 0.545. The van der Waals surface area contributed by atoms with E-state index in [0.29, 0.717) is 15.9 Å². The van der Waals surface area contributed by atoms with E-state index in [4.69, 9.17) is 4.74 Å². The minimum absolute atomic E-state index is 0.119. The monoisotopic (exact) mass is 460 g/mol. The first-order valence-corrected chi connectivity index (χ1v) is 11.7. The molecule has 0 unspecified atom stereocenters. The van der Waals surface area contributed by atoms with Gasteiger partial charge in [0.05, 0.1) is 12.8 Å². The molecular formula is C22H25BrN2O2S. The molecule has 4 nitrogen and oxygen atoms in total. The van der Waals surface area contributed by atoms with Gasteiger partial charge in [0.2, 0.25) is 5.91 Å². The Bertz CT molecular complexity index is 880. The topological polar surface area (TPSA) is 51.2 Å². The molecule has 4 bridgehead atoms. The summed E-state index contributed by atoms with van der Waals surface area (Å²) in [6.45, 7) is 0. The predicted octanol–water partition coefficient (Wildman–Crippen LogP) is 5.88. The van der Waals surface area contributed by atoms with Gasteiger partial charge in [-0.15, -0.1) is 11.3 Å². The second kappa shape index (κ2) is 6.84. The zero-order valence-electron chi connectivity index (χ0n) is 16.0. The minimum Gasteiger partial charge on any atom is -0.497 e. The van der Waals surface area contributed by atoms with Crippen molar-refractivity contribution >= 4 is 38.3 Å². The first-order chi connectivity index (χ1) is 13.4. The van der Waals surface area contributed by atoms with Crippen LogP contribution >= 0.6 is 27.3 Å². The van der Waals surface area contributed by atoms with Gasteiger partial charge in [0, 0.05) is 21.7 Å². The Kier molecular flexibility index (Phi) is 4.55. The molecular weight excluding hydrogens is 436 g/mol. The van der Waals surface area contributed by atoms with Gasteiger partial charge in [-0.25, -0.2) is 4.98 Å². The molecule has 2 aromatic rings. The Morgan fingerprint density at radius 2 is 1.96 bits per heavy atom. The number of nitrogens with one attached hydrogen (secondary N) is 1. The highest BCUT2D eigenvalue weighted by molar-refractivity contribution is 9.10. The zero-order valence-corrected chi connectivity index (χ0v) is 18.4. The molecule has 1 amide bonds. The summed E-state index contributed by atoms with van der Waals surface area (Å²) in [6, 6.07) is 7.83. The van der Waals surface area contributed by atoms with Crippen molar-refractivity contribution in [2.45, 2.75) is 49.3 Å². The van der Waals surface area contributed by atoms with Crippen LogP contribution in [0.5, 0.6) is 5.75 Å². The summed E-state index contributed by atoms with van der Waals surface area (Å²) in [5.74, 6) is 2.55. The van der Waals surface area contributed by atoms with Gasteiger partial charge in [0.25, 0.3) is 0 Å². The van der Waals surface area contributed by atoms with Gasteiger partial charge in [-0.05, 0) is 80.0 Å². The highest BCUT2D eigenvalue weighted by atomic mass is 79.9. The van der Waals surface area contributed by atoms with E-state index >= 15 is 0 Å². The molecule has 1 aromatic carbocycles. The number of thiazole rings is 1. The van der Waals surface area contributed by atoms with Crippen LogP contribution in [0.25, 0.3) is 11.3 Å². The number of alkyl halides is 1. The molecule has 148 valence electrons. The Hall–Kier alpha value is -1.40. The lowest BCUT2D eigenvalue weighted by molar-refractivity contribution is -0.123. The normalized spacial score (nSPS) is 33.1. The quantitative estimate of drug-likeness (QED) is 0.566. The lowest BCUT2D eigenvalue weighted by Crippen LogP contribution is -2.53. The van der Waals surface area contributed by atoms with Gasteiger partial charge < -0.3 is 10.1 Å². The fourth-order valence-electron chi connectivity index (χ4n) is 6.27. The van der Waals surface area contributed by atoms with Crippen molar-refractivity contribution in [3.8, 4) is 17.0 Å². The van der Waals surface area contributed by atoms with E-state index in [0.717, 1.165) is 35.3 Å². The number of benzene rings is 1. The number of carbonyl (C=O) groups excluding carboxylic acids is 1. The van der Waals surface area contributed by atoms with E-state index in [1.54, 1.807) is 7.11 Å². The molecule has 0 saturated heterocycles. The Labute approximate surface area is 178 Å². The molecule has 4 fully saturated rings. The van der Waals surface area contributed by atoms with Crippen molar-refractivity contribution in [2.24, 2.45) is 17.3 Å². The average molecular weight is 461 g/mol. The lowest BCUT2D eigenvalue weighted by atomic mass is 9.48. The molecule has 4 aliphatic rings. The summed E-state index contributed by atoms with van der Waals surface area (Å²) in [6.07, 6.45) is 8.18. The van der Waals surface area contributed by atoms with Gasteiger partial charge in [-0.1, -0.05) is 15.9 Å². The molecule has 0 aliphatic heterocycles.